The van der Waals surface area contributed by atoms with E-state index in [0.29, 0.717) is 12.8 Å². The van der Waals surface area contributed by atoms with Gasteiger partial charge in [-0.3, -0.25) is 4.90 Å². The molecule has 3 rings (SSSR count). The number of piperidine rings is 1. The van der Waals surface area contributed by atoms with Gasteiger partial charge in [0.2, 0.25) is 0 Å². The summed E-state index contributed by atoms with van der Waals surface area (Å²) in [6, 6.07) is 7.28. The summed E-state index contributed by atoms with van der Waals surface area (Å²) < 4.78 is 31.4. The van der Waals surface area contributed by atoms with Gasteiger partial charge >= 0.3 is 6.09 Å². The Morgan fingerprint density at radius 2 is 1.93 bits per heavy atom. The van der Waals surface area contributed by atoms with Crippen molar-refractivity contribution in [3.63, 3.8) is 0 Å². The van der Waals surface area contributed by atoms with Crippen molar-refractivity contribution in [2.24, 2.45) is 5.92 Å². The Kier molecular flexibility index (Phi) is 5.66. The Morgan fingerprint density at radius 3 is 2.43 bits per heavy atom. The van der Waals surface area contributed by atoms with E-state index in [2.05, 4.69) is 0 Å². The maximum absolute atomic E-state index is 15.0. The first-order valence-electron chi connectivity index (χ1n) is 9.55. The number of amides is 1. The molecule has 1 saturated carbocycles. The van der Waals surface area contributed by atoms with Gasteiger partial charge in [-0.15, -0.1) is 0 Å². The fourth-order valence-electron chi connectivity index (χ4n) is 3.80. The van der Waals surface area contributed by atoms with Gasteiger partial charge in [0.05, 0.1) is 31.7 Å². The Balaban J connectivity index is 1.72. The molecule has 1 aliphatic heterocycles. The standard InChI is InChI=1S/C21H28FNO5/c1-20(2,3)28-19(25)23-11-17(22)18(16(12-24)21(23)9-10-21)27-13-14-5-7-15(26-4)8-6-14/h5-8,12,16-18H,9-11,13H2,1-4H3/t16-,17-,18-/m1/s1. The molecule has 0 radical (unpaired) electrons. The van der Waals surface area contributed by atoms with Crippen LogP contribution in [0.15, 0.2) is 24.3 Å². The van der Waals surface area contributed by atoms with Crippen LogP contribution in [-0.4, -0.2) is 54.3 Å². The van der Waals surface area contributed by atoms with Crippen LogP contribution in [0.25, 0.3) is 0 Å². The molecule has 7 heteroatoms. The first kappa shape index (κ1) is 20.6. The minimum atomic E-state index is -1.47. The summed E-state index contributed by atoms with van der Waals surface area (Å²) in [5.74, 6) is 0.00232. The van der Waals surface area contributed by atoms with E-state index < -0.39 is 35.4 Å². The summed E-state index contributed by atoms with van der Waals surface area (Å²) in [4.78, 5) is 25.9. The molecule has 1 aromatic rings. The van der Waals surface area contributed by atoms with Gasteiger partial charge in [-0.1, -0.05) is 12.1 Å². The van der Waals surface area contributed by atoms with E-state index in [1.165, 1.54) is 4.90 Å². The first-order chi connectivity index (χ1) is 13.2. The zero-order valence-corrected chi connectivity index (χ0v) is 16.8. The number of carbonyl (C=O) groups is 2. The van der Waals surface area contributed by atoms with E-state index in [0.717, 1.165) is 17.6 Å². The topological polar surface area (TPSA) is 65.1 Å². The zero-order valence-electron chi connectivity index (χ0n) is 16.8. The maximum Gasteiger partial charge on any atom is 0.410 e. The number of hydrogen-bond donors (Lipinski definition) is 0. The van der Waals surface area contributed by atoms with Crippen molar-refractivity contribution in [3.8, 4) is 5.75 Å². The van der Waals surface area contributed by atoms with Gasteiger partial charge < -0.3 is 19.0 Å². The van der Waals surface area contributed by atoms with Gasteiger partial charge in [0.25, 0.3) is 0 Å². The van der Waals surface area contributed by atoms with E-state index in [1.54, 1.807) is 40.0 Å². The normalized spacial score (nSPS) is 26.0. The molecule has 2 aliphatic rings. The average Bonchev–Trinajstić information content (AvgIpc) is 3.42. The number of rotatable bonds is 5. The van der Waals surface area contributed by atoms with Crippen LogP contribution >= 0.6 is 0 Å². The van der Waals surface area contributed by atoms with E-state index in [4.69, 9.17) is 14.2 Å². The smallest absolute Gasteiger partial charge is 0.410 e. The molecule has 154 valence electrons. The molecule has 28 heavy (non-hydrogen) atoms. The van der Waals surface area contributed by atoms with Gasteiger partial charge in [0, 0.05) is 0 Å². The number of halogens is 1. The number of ether oxygens (including phenoxy) is 3. The van der Waals surface area contributed by atoms with Crippen LogP contribution in [0.2, 0.25) is 0 Å². The molecule has 1 amide bonds. The van der Waals surface area contributed by atoms with Gasteiger partial charge in [-0.2, -0.15) is 0 Å². The van der Waals surface area contributed by atoms with Crippen LogP contribution in [0, 0.1) is 5.92 Å². The SMILES string of the molecule is COc1ccc(CO[C@H]2[C@H](F)CN(C(=O)OC(C)(C)C)C3(CC3)[C@@H]2C=O)cc1. The molecule has 3 atom stereocenters. The number of alkyl halides is 1. The van der Waals surface area contributed by atoms with Crippen molar-refractivity contribution in [3.05, 3.63) is 29.8 Å². The highest BCUT2D eigenvalue weighted by atomic mass is 19.1. The largest absolute Gasteiger partial charge is 0.497 e. The molecule has 0 N–H and O–H groups in total. The lowest BCUT2D eigenvalue weighted by Gasteiger charge is -2.45. The van der Waals surface area contributed by atoms with Crippen molar-refractivity contribution >= 4 is 12.4 Å². The number of carbonyl (C=O) groups excluding carboxylic acids is 2. The number of aldehydes is 1. The summed E-state index contributed by atoms with van der Waals surface area (Å²) in [7, 11) is 1.58. The molecule has 1 saturated heterocycles. The number of methoxy groups -OCH3 is 1. The highest BCUT2D eigenvalue weighted by Crippen LogP contribution is 2.53. The van der Waals surface area contributed by atoms with Crippen LogP contribution in [-0.2, 0) is 20.9 Å². The second-order valence-corrected chi connectivity index (χ2v) is 8.50. The number of hydrogen-bond acceptors (Lipinski definition) is 5. The second kappa shape index (κ2) is 7.70. The summed E-state index contributed by atoms with van der Waals surface area (Å²) >= 11 is 0. The third-order valence-corrected chi connectivity index (χ3v) is 5.35. The Morgan fingerprint density at radius 1 is 1.29 bits per heavy atom. The van der Waals surface area contributed by atoms with Crippen molar-refractivity contribution in [1.29, 1.82) is 0 Å². The van der Waals surface area contributed by atoms with Crippen molar-refractivity contribution in [1.82, 2.24) is 4.90 Å². The molecule has 0 bridgehead atoms. The lowest BCUT2D eigenvalue weighted by Crippen LogP contribution is -2.62. The summed E-state index contributed by atoms with van der Waals surface area (Å²) in [5.41, 5.74) is -0.522. The summed E-state index contributed by atoms with van der Waals surface area (Å²) in [6.07, 6.45) is -0.911. The van der Waals surface area contributed by atoms with Crippen molar-refractivity contribution < 1.29 is 28.2 Å². The molecule has 1 aromatic carbocycles. The fraction of sp³-hybridized carbons (Fsp3) is 0.619. The minimum absolute atomic E-state index is 0.132. The van der Waals surface area contributed by atoms with Crippen LogP contribution in [0.4, 0.5) is 9.18 Å². The predicted octanol–water partition coefficient (Wildman–Crippen LogP) is 3.52. The van der Waals surface area contributed by atoms with Gasteiger partial charge in [-0.25, -0.2) is 9.18 Å². The van der Waals surface area contributed by atoms with E-state index >= 15 is 0 Å². The molecule has 6 nitrogen and oxygen atoms in total. The molecule has 1 spiro atoms. The Hall–Kier alpha value is -2.15. The van der Waals surface area contributed by atoms with Gasteiger partial charge in [-0.05, 0) is 51.3 Å². The highest BCUT2D eigenvalue weighted by Gasteiger charge is 2.63. The van der Waals surface area contributed by atoms with Crippen molar-refractivity contribution in [2.75, 3.05) is 13.7 Å². The Labute approximate surface area is 164 Å². The average molecular weight is 393 g/mol. The molecule has 2 fully saturated rings. The summed E-state index contributed by atoms with van der Waals surface area (Å²) in [6.45, 7) is 5.34. The molecule has 0 unspecified atom stereocenters. The van der Waals surface area contributed by atoms with Crippen LogP contribution in [0.1, 0.15) is 39.2 Å². The van der Waals surface area contributed by atoms with Gasteiger partial charge in [0.15, 0.2) is 0 Å². The molecular formula is C21H28FNO5. The highest BCUT2D eigenvalue weighted by molar-refractivity contribution is 5.73. The first-order valence-corrected chi connectivity index (χ1v) is 9.55. The Bertz CT molecular complexity index is 711. The van der Waals surface area contributed by atoms with E-state index in [-0.39, 0.29) is 13.2 Å². The third-order valence-electron chi connectivity index (χ3n) is 5.35. The number of likely N-dealkylation sites (tertiary alicyclic amines) is 1. The zero-order chi connectivity index (χ0) is 20.5. The minimum Gasteiger partial charge on any atom is -0.497 e. The van der Waals surface area contributed by atoms with E-state index in [1.807, 2.05) is 12.1 Å². The fourth-order valence-corrected chi connectivity index (χ4v) is 3.80. The predicted molar refractivity (Wildman–Crippen MR) is 101 cm³/mol. The van der Waals surface area contributed by atoms with Crippen LogP contribution < -0.4 is 4.74 Å². The molecule has 1 aliphatic carbocycles. The summed E-state index contributed by atoms with van der Waals surface area (Å²) in [5, 5.41) is 0. The van der Waals surface area contributed by atoms with Crippen molar-refractivity contribution in [2.45, 2.75) is 63.6 Å². The monoisotopic (exact) mass is 393 g/mol. The molecular weight excluding hydrogens is 365 g/mol. The van der Waals surface area contributed by atoms with Gasteiger partial charge in [0.1, 0.15) is 29.9 Å². The third kappa shape index (κ3) is 4.14. The maximum atomic E-state index is 15.0. The lowest BCUT2D eigenvalue weighted by molar-refractivity contribution is -0.139. The second-order valence-electron chi connectivity index (χ2n) is 8.50. The van der Waals surface area contributed by atoms with Crippen LogP contribution in [0.3, 0.4) is 0 Å². The van der Waals surface area contributed by atoms with E-state index in [9.17, 15) is 14.0 Å². The molecule has 0 aromatic heterocycles. The van der Waals surface area contributed by atoms with Crippen LogP contribution in [0.5, 0.6) is 5.75 Å². The number of benzene rings is 1. The molecule has 1 heterocycles. The lowest BCUT2D eigenvalue weighted by atomic mass is 9.84. The quantitative estimate of drug-likeness (QED) is 0.716. The number of nitrogens with zero attached hydrogens (tertiary/aromatic N) is 1.